The fourth-order valence-corrected chi connectivity index (χ4v) is 0.0920. The van der Waals surface area contributed by atoms with Gasteiger partial charge in [0.2, 0.25) is 0 Å². The Morgan fingerprint density at radius 2 is 2.71 bits per heavy atom. The van der Waals surface area contributed by atoms with Gasteiger partial charge in [-0.1, -0.05) is 5.92 Å². The van der Waals surface area contributed by atoms with E-state index in [1.54, 1.807) is 0 Å². The maximum atomic E-state index is 7.56. The number of hydrogen-bond donors (Lipinski definition) is 0. The van der Waals surface area contributed by atoms with Gasteiger partial charge in [0.25, 0.3) is 0 Å². The van der Waals surface area contributed by atoms with Crippen LogP contribution in [0.25, 0.3) is 10.4 Å². The predicted molar refractivity (Wildman–Crippen MR) is 23.9 cm³/mol. The van der Waals surface area contributed by atoms with Gasteiger partial charge in [0, 0.05) is 4.91 Å². The molecule has 0 fully saturated rings. The Bertz CT molecular complexity index is 119. The fraction of sp³-hybridized carbons (Fsp3) is 0.333. The molecule has 4 heteroatoms. The summed E-state index contributed by atoms with van der Waals surface area (Å²) in [6.45, 7) is 0.0318. The summed E-state index contributed by atoms with van der Waals surface area (Å²) in [5.41, 5.74) is 7.56. The minimum absolute atomic E-state index is 0.0318. The summed E-state index contributed by atoms with van der Waals surface area (Å²) >= 11 is 0. The van der Waals surface area contributed by atoms with Gasteiger partial charge in [0.05, 0.1) is 0 Å². The highest BCUT2D eigenvalue weighted by Gasteiger charge is 1.65. The Labute approximate surface area is 40.7 Å². The molecule has 0 unspecified atom stereocenters. The summed E-state index contributed by atoms with van der Waals surface area (Å²) in [5, 5.41) is 2.70. The summed E-state index contributed by atoms with van der Waals surface area (Å²) in [4.78, 5) is 6.38. The second-order valence-corrected chi connectivity index (χ2v) is 0.649. The lowest BCUT2D eigenvalue weighted by molar-refractivity contribution is 0.173. The van der Waals surface area contributed by atoms with Crippen molar-refractivity contribution < 1.29 is 4.84 Å². The van der Waals surface area contributed by atoms with Crippen LogP contribution >= 0.6 is 0 Å². The van der Waals surface area contributed by atoms with E-state index in [0.29, 0.717) is 0 Å². The van der Waals surface area contributed by atoms with E-state index in [0.717, 1.165) is 0 Å². The van der Waals surface area contributed by atoms with Crippen molar-refractivity contribution in [2.24, 2.45) is 5.28 Å². The van der Waals surface area contributed by atoms with Crippen molar-refractivity contribution in [1.29, 1.82) is 0 Å². The summed E-state index contributed by atoms with van der Waals surface area (Å²) in [5.74, 6) is 2.12. The van der Waals surface area contributed by atoms with Gasteiger partial charge in [-0.25, -0.2) is 0 Å². The van der Waals surface area contributed by atoms with Gasteiger partial charge in [0.1, 0.15) is 5.28 Å². The van der Waals surface area contributed by atoms with E-state index >= 15 is 0 Å². The molecule has 0 aliphatic heterocycles. The third-order valence-corrected chi connectivity index (χ3v) is 0.242. The SMILES string of the molecule is C#CCON=[N+]=[N-]. The van der Waals surface area contributed by atoms with Crippen molar-refractivity contribution in [3.63, 3.8) is 0 Å². The number of terminal acetylenes is 1. The first kappa shape index (κ1) is 5.67. The first-order valence-electron chi connectivity index (χ1n) is 1.51. The molecule has 0 amide bonds. The Kier molecular flexibility index (Phi) is 3.78. The van der Waals surface area contributed by atoms with E-state index in [1.165, 1.54) is 0 Å². The highest BCUT2D eigenvalue weighted by Crippen LogP contribution is 1.70. The Morgan fingerprint density at radius 3 is 3.14 bits per heavy atom. The summed E-state index contributed by atoms with van der Waals surface area (Å²) < 4.78 is 0. The molecule has 0 atom stereocenters. The number of azide groups is 1. The molecule has 0 aliphatic rings. The van der Waals surface area contributed by atoms with Crippen LogP contribution in [0.3, 0.4) is 0 Å². The Morgan fingerprint density at radius 1 is 2.00 bits per heavy atom. The van der Waals surface area contributed by atoms with E-state index in [4.69, 9.17) is 12.0 Å². The normalized spacial score (nSPS) is 5.57. The number of nitrogens with zero attached hydrogens (tertiary/aromatic N) is 3. The number of hydrogen-bond acceptors (Lipinski definition) is 2. The zero-order valence-corrected chi connectivity index (χ0v) is 3.53. The quantitative estimate of drug-likeness (QED) is 0.126. The van der Waals surface area contributed by atoms with Crippen LogP contribution in [-0.4, -0.2) is 6.61 Å². The zero-order chi connectivity index (χ0) is 5.54. The standard InChI is InChI=1S/C3H3N3O/c1-2-3-7-6-5-4/h1H,3H2. The summed E-state index contributed by atoms with van der Waals surface area (Å²) in [6.07, 6.45) is 4.71. The molecule has 0 aromatic carbocycles. The summed E-state index contributed by atoms with van der Waals surface area (Å²) in [6, 6.07) is 0. The van der Waals surface area contributed by atoms with Crippen molar-refractivity contribution in [2.45, 2.75) is 0 Å². The zero-order valence-electron chi connectivity index (χ0n) is 3.53. The van der Waals surface area contributed by atoms with E-state index in [-0.39, 0.29) is 6.61 Å². The van der Waals surface area contributed by atoms with Gasteiger partial charge in [-0.15, -0.1) is 6.42 Å². The van der Waals surface area contributed by atoms with Gasteiger partial charge >= 0.3 is 0 Å². The first-order chi connectivity index (χ1) is 3.41. The minimum atomic E-state index is 0.0318. The van der Waals surface area contributed by atoms with Crippen LogP contribution in [0.15, 0.2) is 5.28 Å². The minimum Gasteiger partial charge on any atom is -0.420 e. The molecular weight excluding hydrogens is 94.1 g/mol. The second-order valence-electron chi connectivity index (χ2n) is 0.649. The molecule has 0 radical (unpaired) electrons. The predicted octanol–water partition coefficient (Wildman–Crippen LogP) is 0.862. The highest BCUT2D eigenvalue weighted by molar-refractivity contribution is 4.82. The second kappa shape index (κ2) is 4.67. The first-order valence-corrected chi connectivity index (χ1v) is 1.51. The van der Waals surface area contributed by atoms with Crippen LogP contribution in [0.5, 0.6) is 0 Å². The monoisotopic (exact) mass is 97.0 g/mol. The van der Waals surface area contributed by atoms with Crippen LogP contribution in [0.2, 0.25) is 0 Å². The van der Waals surface area contributed by atoms with Crippen molar-refractivity contribution >= 4 is 0 Å². The van der Waals surface area contributed by atoms with Crippen LogP contribution < -0.4 is 0 Å². The molecule has 0 rings (SSSR count). The highest BCUT2D eigenvalue weighted by atomic mass is 16.6. The van der Waals surface area contributed by atoms with Crippen molar-refractivity contribution in [2.75, 3.05) is 6.61 Å². The van der Waals surface area contributed by atoms with Gasteiger partial charge in [-0.3, -0.25) is 0 Å². The van der Waals surface area contributed by atoms with Crippen LogP contribution in [-0.2, 0) is 4.84 Å². The molecule has 7 heavy (non-hydrogen) atoms. The van der Waals surface area contributed by atoms with E-state index in [9.17, 15) is 0 Å². The smallest absolute Gasteiger partial charge is 0.157 e. The third-order valence-electron chi connectivity index (χ3n) is 0.242. The van der Waals surface area contributed by atoms with Crippen LogP contribution in [0.1, 0.15) is 0 Å². The molecule has 0 aliphatic carbocycles. The molecule has 0 spiro atoms. The van der Waals surface area contributed by atoms with Gasteiger partial charge in [-0.2, -0.15) is 0 Å². The molecule has 0 heterocycles. The molecule has 36 valence electrons. The molecule has 0 N–H and O–H groups in total. The van der Waals surface area contributed by atoms with E-state index < -0.39 is 0 Å². The molecule has 0 saturated carbocycles. The lowest BCUT2D eigenvalue weighted by atomic mass is 10.8. The summed E-state index contributed by atoms with van der Waals surface area (Å²) in [7, 11) is 0. The lowest BCUT2D eigenvalue weighted by Crippen LogP contribution is -1.76. The van der Waals surface area contributed by atoms with Gasteiger partial charge < -0.3 is 4.84 Å². The van der Waals surface area contributed by atoms with Crippen LogP contribution in [0.4, 0.5) is 0 Å². The van der Waals surface area contributed by atoms with Crippen molar-refractivity contribution in [1.82, 2.24) is 0 Å². The topological polar surface area (TPSA) is 58.0 Å². The van der Waals surface area contributed by atoms with Gasteiger partial charge in [-0.05, 0) is 5.53 Å². The number of rotatable bonds is 2. The van der Waals surface area contributed by atoms with E-state index in [2.05, 4.69) is 20.9 Å². The maximum Gasteiger partial charge on any atom is 0.157 e. The lowest BCUT2D eigenvalue weighted by Gasteiger charge is -1.81. The molecular formula is C3H3N3O. The van der Waals surface area contributed by atoms with Gasteiger partial charge in [0.15, 0.2) is 6.61 Å². The fourth-order valence-electron chi connectivity index (χ4n) is 0.0920. The average Bonchev–Trinajstić information content (AvgIpc) is 1.69. The maximum absolute atomic E-state index is 7.56. The van der Waals surface area contributed by atoms with E-state index in [1.807, 2.05) is 0 Å². The van der Waals surface area contributed by atoms with Crippen molar-refractivity contribution in [3.8, 4) is 12.3 Å². The molecule has 0 bridgehead atoms. The Balaban J connectivity index is 3.03. The largest absolute Gasteiger partial charge is 0.420 e. The average molecular weight is 97.1 g/mol. The van der Waals surface area contributed by atoms with Crippen molar-refractivity contribution in [3.05, 3.63) is 10.4 Å². The molecule has 4 nitrogen and oxygen atoms in total. The molecule has 0 aromatic rings. The van der Waals surface area contributed by atoms with Crippen LogP contribution in [0, 0.1) is 12.3 Å². The Hall–Kier alpha value is -1.33. The third kappa shape index (κ3) is 4.67. The molecule has 0 aromatic heterocycles. The molecule has 0 saturated heterocycles.